The maximum atomic E-state index is 12.9. The number of carbonyl (C=O) groups is 1. The molecule has 0 unspecified atom stereocenters. The lowest BCUT2D eigenvalue weighted by Crippen LogP contribution is -2.36. The molecular weight excluding hydrogens is 410 g/mol. The fraction of sp³-hybridized carbons (Fsp3) is 0.150. The molecule has 154 valence electrons. The standard InChI is InChI=1S/C20H17N3O6S/c24-20(18-8-9-19(29-18)23(25)26)21-16-7-6-14-10-11-22(13-15(14)12-16)30(27,28)17-4-2-1-3-5-17/h1-9,12H,10-11,13H2,(H,21,24). The predicted octanol–water partition coefficient (Wildman–Crippen LogP) is 3.19. The fourth-order valence-electron chi connectivity index (χ4n) is 3.30. The van der Waals surface area contributed by atoms with Crippen LogP contribution in [0.25, 0.3) is 0 Å². The van der Waals surface area contributed by atoms with Gasteiger partial charge in [-0.1, -0.05) is 24.3 Å². The topological polar surface area (TPSA) is 123 Å². The summed E-state index contributed by atoms with van der Waals surface area (Å²) in [5.41, 5.74) is 2.22. The fourth-order valence-corrected chi connectivity index (χ4v) is 4.74. The van der Waals surface area contributed by atoms with Crippen LogP contribution in [0.3, 0.4) is 0 Å². The molecule has 9 nitrogen and oxygen atoms in total. The number of carbonyl (C=O) groups excluding carboxylic acids is 1. The van der Waals surface area contributed by atoms with E-state index in [2.05, 4.69) is 5.32 Å². The van der Waals surface area contributed by atoms with Gasteiger partial charge in [0, 0.05) is 18.8 Å². The molecule has 0 radical (unpaired) electrons. The van der Waals surface area contributed by atoms with E-state index in [1.54, 1.807) is 42.5 Å². The molecule has 10 heteroatoms. The molecule has 3 aromatic rings. The number of fused-ring (bicyclic) bond motifs is 1. The molecule has 0 spiro atoms. The number of hydrogen-bond acceptors (Lipinski definition) is 6. The number of anilines is 1. The van der Waals surface area contributed by atoms with Gasteiger partial charge in [-0.05, 0) is 47.9 Å². The van der Waals surface area contributed by atoms with Crippen molar-refractivity contribution in [3.05, 3.63) is 87.7 Å². The first-order valence-corrected chi connectivity index (χ1v) is 10.5. The summed E-state index contributed by atoms with van der Waals surface area (Å²) < 4.78 is 32.1. The Hall–Kier alpha value is -3.50. The molecule has 0 atom stereocenters. The number of benzene rings is 2. The van der Waals surface area contributed by atoms with Crippen molar-refractivity contribution in [2.24, 2.45) is 0 Å². The Balaban J connectivity index is 1.53. The number of amides is 1. The van der Waals surface area contributed by atoms with E-state index in [1.165, 1.54) is 10.4 Å². The number of nitrogens with zero attached hydrogens (tertiary/aromatic N) is 2. The molecule has 1 aliphatic heterocycles. The molecule has 0 fully saturated rings. The van der Waals surface area contributed by atoms with Crippen molar-refractivity contribution in [2.45, 2.75) is 17.9 Å². The SMILES string of the molecule is O=C(Nc1ccc2c(c1)CN(S(=O)(=O)c1ccccc1)CC2)c1ccc([N+](=O)[O-])o1. The molecular formula is C20H17N3O6S. The van der Waals surface area contributed by atoms with Crippen LogP contribution in [0.1, 0.15) is 21.7 Å². The number of sulfonamides is 1. The minimum atomic E-state index is -3.62. The van der Waals surface area contributed by atoms with Crippen molar-refractivity contribution in [2.75, 3.05) is 11.9 Å². The number of hydrogen-bond donors (Lipinski definition) is 1. The summed E-state index contributed by atoms with van der Waals surface area (Å²) in [5.74, 6) is -1.34. The highest BCUT2D eigenvalue weighted by molar-refractivity contribution is 7.89. The first-order chi connectivity index (χ1) is 14.3. The molecule has 30 heavy (non-hydrogen) atoms. The second-order valence-electron chi connectivity index (χ2n) is 6.73. The second-order valence-corrected chi connectivity index (χ2v) is 8.67. The maximum absolute atomic E-state index is 12.9. The van der Waals surface area contributed by atoms with Crippen molar-refractivity contribution in [1.29, 1.82) is 0 Å². The van der Waals surface area contributed by atoms with Gasteiger partial charge in [-0.25, -0.2) is 8.42 Å². The second kappa shape index (κ2) is 7.73. The van der Waals surface area contributed by atoms with Crippen molar-refractivity contribution in [3.63, 3.8) is 0 Å². The van der Waals surface area contributed by atoms with Gasteiger partial charge in [0.15, 0.2) is 5.76 Å². The summed E-state index contributed by atoms with van der Waals surface area (Å²) in [5, 5.41) is 13.3. The molecule has 1 aliphatic rings. The molecule has 0 saturated heterocycles. The van der Waals surface area contributed by atoms with Crippen LogP contribution in [0.5, 0.6) is 0 Å². The predicted molar refractivity (Wildman–Crippen MR) is 107 cm³/mol. The highest BCUT2D eigenvalue weighted by Crippen LogP contribution is 2.27. The van der Waals surface area contributed by atoms with Gasteiger partial charge >= 0.3 is 5.88 Å². The summed E-state index contributed by atoms with van der Waals surface area (Å²) in [6, 6.07) is 15.8. The average molecular weight is 427 g/mol. The highest BCUT2D eigenvalue weighted by Gasteiger charge is 2.28. The van der Waals surface area contributed by atoms with Gasteiger partial charge in [0.1, 0.15) is 4.92 Å². The average Bonchev–Trinajstić information content (AvgIpc) is 3.25. The lowest BCUT2D eigenvalue weighted by Gasteiger charge is -2.28. The largest absolute Gasteiger partial charge is 0.433 e. The van der Waals surface area contributed by atoms with Gasteiger partial charge in [-0.2, -0.15) is 4.31 Å². The van der Waals surface area contributed by atoms with Gasteiger partial charge in [-0.15, -0.1) is 0 Å². The molecule has 2 heterocycles. The van der Waals surface area contributed by atoms with Crippen LogP contribution in [0.2, 0.25) is 0 Å². The quantitative estimate of drug-likeness (QED) is 0.493. The smallest absolute Gasteiger partial charge is 0.395 e. The van der Waals surface area contributed by atoms with Crippen LogP contribution in [0.15, 0.2) is 70.0 Å². The zero-order valence-corrected chi connectivity index (χ0v) is 16.5. The summed E-state index contributed by atoms with van der Waals surface area (Å²) in [6.45, 7) is 0.550. The molecule has 1 amide bonds. The monoisotopic (exact) mass is 427 g/mol. The summed E-state index contributed by atoms with van der Waals surface area (Å²) in [6.07, 6.45) is 0.556. The molecule has 1 aromatic heterocycles. The number of furan rings is 1. The first kappa shape index (κ1) is 19.8. The van der Waals surface area contributed by atoms with Crippen LogP contribution in [0, 0.1) is 10.1 Å². The molecule has 1 N–H and O–H groups in total. The van der Waals surface area contributed by atoms with Crippen LogP contribution >= 0.6 is 0 Å². The summed E-state index contributed by atoms with van der Waals surface area (Å²) in [7, 11) is -3.62. The van der Waals surface area contributed by atoms with Gasteiger partial charge < -0.3 is 9.73 Å². The molecule has 0 aliphatic carbocycles. The Morgan fingerprint density at radius 2 is 1.83 bits per heavy atom. The molecule has 0 saturated carbocycles. The third-order valence-corrected chi connectivity index (χ3v) is 6.68. The number of nitrogens with one attached hydrogen (secondary N) is 1. The minimum absolute atomic E-state index is 0.183. The van der Waals surface area contributed by atoms with E-state index in [9.17, 15) is 23.3 Å². The Kier molecular flexibility index (Phi) is 5.10. The van der Waals surface area contributed by atoms with Crippen LogP contribution in [-0.2, 0) is 23.0 Å². The number of nitro groups is 1. The Labute approximate surface area is 172 Å². The van der Waals surface area contributed by atoms with E-state index in [0.29, 0.717) is 18.7 Å². The van der Waals surface area contributed by atoms with E-state index in [-0.39, 0.29) is 17.2 Å². The van der Waals surface area contributed by atoms with Crippen LogP contribution < -0.4 is 5.32 Å². The molecule has 0 bridgehead atoms. The third-order valence-electron chi connectivity index (χ3n) is 4.82. The molecule has 2 aromatic carbocycles. The van der Waals surface area contributed by atoms with E-state index in [4.69, 9.17) is 4.42 Å². The van der Waals surface area contributed by atoms with Crippen LogP contribution in [0.4, 0.5) is 11.6 Å². The van der Waals surface area contributed by atoms with E-state index in [0.717, 1.165) is 17.2 Å². The highest BCUT2D eigenvalue weighted by atomic mass is 32.2. The lowest BCUT2D eigenvalue weighted by atomic mass is 10.0. The maximum Gasteiger partial charge on any atom is 0.433 e. The molecule has 4 rings (SSSR count). The van der Waals surface area contributed by atoms with Crippen molar-refractivity contribution in [3.8, 4) is 0 Å². The Morgan fingerprint density at radius 1 is 1.07 bits per heavy atom. The van der Waals surface area contributed by atoms with Crippen molar-refractivity contribution >= 4 is 27.5 Å². The van der Waals surface area contributed by atoms with E-state index in [1.807, 2.05) is 6.07 Å². The van der Waals surface area contributed by atoms with Gasteiger partial charge in [0.05, 0.1) is 11.0 Å². The normalized spacial score (nSPS) is 14.1. The van der Waals surface area contributed by atoms with Gasteiger partial charge in [0.25, 0.3) is 5.91 Å². The van der Waals surface area contributed by atoms with Gasteiger partial charge in [0.2, 0.25) is 10.0 Å². The van der Waals surface area contributed by atoms with Gasteiger partial charge in [-0.3, -0.25) is 14.9 Å². The zero-order chi connectivity index (χ0) is 21.3. The van der Waals surface area contributed by atoms with E-state index < -0.39 is 26.7 Å². The zero-order valence-electron chi connectivity index (χ0n) is 15.6. The van der Waals surface area contributed by atoms with Crippen LogP contribution in [-0.4, -0.2) is 30.1 Å². The van der Waals surface area contributed by atoms with Crippen molar-refractivity contribution in [1.82, 2.24) is 4.31 Å². The lowest BCUT2D eigenvalue weighted by molar-refractivity contribution is -0.402. The first-order valence-electron chi connectivity index (χ1n) is 9.07. The summed E-state index contributed by atoms with van der Waals surface area (Å²) >= 11 is 0. The number of rotatable bonds is 5. The summed E-state index contributed by atoms with van der Waals surface area (Å²) in [4.78, 5) is 22.5. The van der Waals surface area contributed by atoms with E-state index >= 15 is 0 Å². The Morgan fingerprint density at radius 3 is 2.53 bits per heavy atom. The van der Waals surface area contributed by atoms with Crippen molar-refractivity contribution < 1.29 is 22.6 Å². The Bertz CT molecular complexity index is 1220. The minimum Gasteiger partial charge on any atom is -0.395 e. The third kappa shape index (κ3) is 3.82.